The van der Waals surface area contributed by atoms with Crippen LogP contribution >= 0.6 is 0 Å². The topological polar surface area (TPSA) is 137 Å². The van der Waals surface area contributed by atoms with Crippen molar-refractivity contribution in [2.24, 2.45) is 9.98 Å². The Morgan fingerprint density at radius 2 is 1.04 bits per heavy atom. The van der Waals surface area contributed by atoms with Gasteiger partial charge >= 0.3 is 6.09 Å². The number of aliphatic imine (C=N–C) groups is 2. The molecule has 2 fully saturated rings. The lowest BCUT2D eigenvalue weighted by atomic mass is 10.1. The first-order valence-electron chi connectivity index (χ1n) is 18.3. The molecule has 0 aliphatic carbocycles. The number of nitrogens with zero attached hydrogens (tertiary/aromatic N) is 7. The summed E-state index contributed by atoms with van der Waals surface area (Å²) in [6.07, 6.45) is 1.16. The third-order valence-corrected chi connectivity index (χ3v) is 9.45. The molecule has 2 aromatic heterocycles. The van der Waals surface area contributed by atoms with Gasteiger partial charge in [-0.05, 0) is 68.3 Å². The zero-order valence-corrected chi connectivity index (χ0v) is 31.6. The Bertz CT molecular complexity index is 2080. The molecule has 3 amide bonds. The number of carbonyl (C=O) groups excluding carboxylic acids is 3. The average Bonchev–Trinajstić information content (AvgIpc) is 3.83. The zero-order valence-electron chi connectivity index (χ0n) is 30.9. The molecule has 13 heteroatoms. The van der Waals surface area contributed by atoms with E-state index in [0.717, 1.165) is 73.2 Å². The van der Waals surface area contributed by atoms with E-state index in [-0.39, 0.29) is 37.7 Å². The van der Waals surface area contributed by atoms with Gasteiger partial charge in [0, 0.05) is 39.0 Å². The van der Waals surface area contributed by atoms with Crippen molar-refractivity contribution in [3.63, 3.8) is 0 Å². The number of piperazine rings is 2. The fourth-order valence-corrected chi connectivity index (χ4v) is 6.69. The summed E-state index contributed by atoms with van der Waals surface area (Å²) >= 11 is 0. The number of quaternary nitrogens is 1. The highest BCUT2D eigenvalue weighted by Gasteiger charge is 2.29. The second-order valence-electron chi connectivity index (χ2n) is 14.5. The molecule has 0 radical (unpaired) electrons. The van der Waals surface area contributed by atoms with Gasteiger partial charge in [0.25, 0.3) is 11.8 Å². The average molecular weight is 765 g/mol. The van der Waals surface area contributed by atoms with E-state index in [1.807, 2.05) is 86.3 Å². The van der Waals surface area contributed by atoms with Crippen LogP contribution in [0.15, 0.2) is 94.9 Å². The molecular weight excluding hydrogens is 716 g/mol. The first-order chi connectivity index (χ1) is 25.6. The smallest absolute Gasteiger partial charge is 0.410 e. The third-order valence-electron chi connectivity index (χ3n) is 9.45. The molecule has 2 saturated heterocycles. The number of pyridine rings is 2. The number of hydrogen-bond donors (Lipinski definition) is 1. The molecule has 12 nitrogen and oxygen atoms in total. The Balaban J connectivity index is 0.000000210. The number of rotatable bonds is 4. The normalized spacial score (nSPS) is 15.9. The van der Waals surface area contributed by atoms with Crippen LogP contribution in [0.3, 0.4) is 0 Å². The van der Waals surface area contributed by atoms with Gasteiger partial charge in [0.2, 0.25) is 0 Å². The Labute approximate surface area is 329 Å². The molecule has 0 spiro atoms. The third kappa shape index (κ3) is 9.81. The van der Waals surface area contributed by atoms with Crippen molar-refractivity contribution in [1.82, 2.24) is 24.7 Å². The summed E-state index contributed by atoms with van der Waals surface area (Å²) in [4.78, 5) is 61.5. The van der Waals surface area contributed by atoms with Crippen molar-refractivity contribution in [1.29, 1.82) is 0 Å². The number of nitrogens with two attached hydrogens (primary N) is 1. The van der Waals surface area contributed by atoms with Gasteiger partial charge < -0.3 is 37.2 Å². The van der Waals surface area contributed by atoms with E-state index in [4.69, 9.17) is 4.74 Å². The van der Waals surface area contributed by atoms with Crippen molar-refractivity contribution >= 4 is 40.7 Å². The number of aromatic nitrogens is 2. The lowest BCUT2D eigenvalue weighted by Crippen LogP contribution is -3.00. The fraction of sp³-hybridized carbons (Fsp3) is 0.357. The highest BCUT2D eigenvalue weighted by molar-refractivity contribution is 6.07. The maximum Gasteiger partial charge on any atom is 0.410 e. The van der Waals surface area contributed by atoms with Crippen LogP contribution < -0.4 is 17.7 Å². The van der Waals surface area contributed by atoms with Crippen LogP contribution in [0.5, 0.6) is 0 Å². The van der Waals surface area contributed by atoms with Crippen LogP contribution in [0, 0.1) is 0 Å². The Morgan fingerprint density at radius 1 is 0.600 bits per heavy atom. The first kappa shape index (κ1) is 40.7. The van der Waals surface area contributed by atoms with E-state index in [9.17, 15) is 14.4 Å². The van der Waals surface area contributed by atoms with Crippen molar-refractivity contribution in [3.05, 3.63) is 119 Å². The monoisotopic (exact) mass is 764 g/mol. The highest BCUT2D eigenvalue weighted by atomic mass is 35.5. The summed E-state index contributed by atoms with van der Waals surface area (Å²) in [5, 5.41) is 2.23. The van der Waals surface area contributed by atoms with Crippen LogP contribution in [-0.4, -0.2) is 112 Å². The number of benzene rings is 2. The molecule has 288 valence electrons. The molecule has 0 saturated carbocycles. The molecule has 0 atom stereocenters. The van der Waals surface area contributed by atoms with Gasteiger partial charge in [-0.3, -0.25) is 19.6 Å². The molecule has 4 aliphatic rings. The van der Waals surface area contributed by atoms with Crippen LogP contribution in [-0.2, 0) is 17.6 Å². The summed E-state index contributed by atoms with van der Waals surface area (Å²) < 4.78 is 5.41. The Kier molecular flexibility index (Phi) is 13.2. The zero-order chi connectivity index (χ0) is 37.0. The van der Waals surface area contributed by atoms with E-state index in [1.54, 1.807) is 21.9 Å². The van der Waals surface area contributed by atoms with Gasteiger partial charge in [-0.15, -0.1) is 0 Å². The molecular formula is C42H49ClN8O4. The fourth-order valence-electron chi connectivity index (χ4n) is 6.69. The van der Waals surface area contributed by atoms with Crippen LogP contribution in [0.2, 0.25) is 0 Å². The molecule has 6 heterocycles. The molecule has 0 bridgehead atoms. The molecule has 4 aromatic rings. The summed E-state index contributed by atoms with van der Waals surface area (Å²) in [5.74, 6) is -0.104. The number of carbonyl (C=O) groups is 3. The number of halogens is 1. The Morgan fingerprint density at radius 3 is 1.49 bits per heavy atom. The molecule has 2 N–H and O–H groups in total. The van der Waals surface area contributed by atoms with E-state index >= 15 is 0 Å². The molecule has 2 aromatic carbocycles. The predicted molar refractivity (Wildman–Crippen MR) is 209 cm³/mol. The van der Waals surface area contributed by atoms with Gasteiger partial charge in [0.1, 0.15) is 17.0 Å². The minimum absolute atomic E-state index is 0. The maximum absolute atomic E-state index is 13.0. The number of amides is 3. The van der Waals surface area contributed by atoms with E-state index in [0.29, 0.717) is 37.6 Å². The summed E-state index contributed by atoms with van der Waals surface area (Å²) in [6, 6.07) is 27.2. The van der Waals surface area contributed by atoms with Crippen molar-refractivity contribution in [2.45, 2.75) is 46.6 Å². The van der Waals surface area contributed by atoms with Crippen molar-refractivity contribution < 1.29 is 36.8 Å². The lowest BCUT2D eigenvalue weighted by molar-refractivity contribution is -0.661. The van der Waals surface area contributed by atoms with E-state index < -0.39 is 5.60 Å². The largest absolute Gasteiger partial charge is 1.00 e. The molecule has 8 rings (SSSR count). The number of hydrogen-bond acceptors (Lipinski definition) is 8. The minimum Gasteiger partial charge on any atom is -1.00 e. The molecule has 4 aliphatic heterocycles. The second kappa shape index (κ2) is 17.8. The molecule has 55 heavy (non-hydrogen) atoms. The van der Waals surface area contributed by atoms with Crippen LogP contribution in [0.1, 0.15) is 71.7 Å². The van der Waals surface area contributed by atoms with Gasteiger partial charge in [0.15, 0.2) is 0 Å². The minimum atomic E-state index is -0.531. The standard InChI is InChI=1S/C23H26N4O3.C18H18N4O.CH4.ClH/c1-23(2,3)30-22(29)27-13-11-26(12-14-27)21(28)19-10-6-9-18(25-19)20-15-16-7-4-5-8-17(16)24-20;23-18(22-10-8-19-9-11-22)16-7-3-6-15(21-16)17-12-13-4-1-2-5-14(13)20-17;;/h4-10H,11-15H2,1-3H3;1-7,19H,8-12H2;1H4;1H. The van der Waals surface area contributed by atoms with Crippen molar-refractivity contribution in [3.8, 4) is 0 Å². The van der Waals surface area contributed by atoms with Gasteiger partial charge in [-0.25, -0.2) is 14.8 Å². The van der Waals surface area contributed by atoms with Gasteiger partial charge in [-0.2, -0.15) is 0 Å². The summed E-state index contributed by atoms with van der Waals surface area (Å²) in [7, 11) is 0. The maximum atomic E-state index is 13.0. The SMILES string of the molecule is C.CC(C)(C)OC(=O)N1CCN(C(=O)c2cccc(C3=Nc4ccccc4C3)n2)CC1.O=C(c1cccc(C2=Nc3ccccc3C2)n1)N1CC[NH2+]CC1.[Cl-]. The van der Waals surface area contributed by atoms with E-state index in [1.165, 1.54) is 11.1 Å². The quantitative estimate of drug-likeness (QED) is 0.337. The van der Waals surface area contributed by atoms with Crippen molar-refractivity contribution in [2.75, 3.05) is 52.4 Å². The van der Waals surface area contributed by atoms with Crippen LogP contribution in [0.25, 0.3) is 0 Å². The van der Waals surface area contributed by atoms with Crippen LogP contribution in [0.4, 0.5) is 16.2 Å². The van der Waals surface area contributed by atoms with E-state index in [2.05, 4.69) is 37.4 Å². The second-order valence-corrected chi connectivity index (χ2v) is 14.5. The summed E-state index contributed by atoms with van der Waals surface area (Å²) in [6.45, 7) is 10.8. The predicted octanol–water partition coefficient (Wildman–Crippen LogP) is 1.87. The lowest BCUT2D eigenvalue weighted by Gasteiger charge is -2.35. The first-order valence-corrected chi connectivity index (χ1v) is 18.3. The van der Waals surface area contributed by atoms with Gasteiger partial charge in [-0.1, -0.05) is 56.0 Å². The van der Waals surface area contributed by atoms with Gasteiger partial charge in [0.05, 0.1) is 60.4 Å². The number of fused-ring (bicyclic) bond motifs is 2. The number of para-hydroxylation sites is 2. The molecule has 0 unspecified atom stereocenters. The summed E-state index contributed by atoms with van der Waals surface area (Å²) in [5.41, 5.74) is 8.08. The Hall–Kier alpha value is -5.46. The highest BCUT2D eigenvalue weighted by Crippen LogP contribution is 2.29. The number of ether oxygens (including phenoxy) is 1.